The molecule has 1 radical (unpaired) electrons. The number of hydrogen-bond donors (Lipinski definition) is 1. The maximum Gasteiger partial charge on any atom is -0.00198 e. The van der Waals surface area contributed by atoms with E-state index in [0.29, 0.717) is 0 Å². The van der Waals surface area contributed by atoms with Crippen molar-refractivity contribution in [3.63, 3.8) is 0 Å². The van der Waals surface area contributed by atoms with Gasteiger partial charge in [-0.15, -0.1) is 0 Å². The van der Waals surface area contributed by atoms with Crippen molar-refractivity contribution in [2.45, 2.75) is 26.7 Å². The van der Waals surface area contributed by atoms with Crippen molar-refractivity contribution in [1.82, 2.24) is 5.32 Å². The molecule has 1 heterocycles. The van der Waals surface area contributed by atoms with Gasteiger partial charge in [-0.2, -0.15) is 0 Å². The molecule has 0 aromatic carbocycles. The highest BCUT2D eigenvalue weighted by Crippen LogP contribution is 2.18. The monoisotopic (exact) mass is 126 g/mol. The minimum absolute atomic E-state index is 0.940. The molecule has 1 aliphatic rings. The van der Waals surface area contributed by atoms with E-state index in [2.05, 4.69) is 19.2 Å². The summed E-state index contributed by atoms with van der Waals surface area (Å²) in [4.78, 5) is 0. The highest BCUT2D eigenvalue weighted by molar-refractivity contribution is 4.84. The largest absolute Gasteiger partial charge is 0.316 e. The summed E-state index contributed by atoms with van der Waals surface area (Å²) in [5.41, 5.74) is 0. The van der Waals surface area contributed by atoms with Gasteiger partial charge in [-0.05, 0) is 37.8 Å². The first-order valence-corrected chi connectivity index (χ1v) is 3.79. The highest BCUT2D eigenvalue weighted by Gasteiger charge is 2.14. The van der Waals surface area contributed by atoms with E-state index in [0.717, 1.165) is 5.92 Å². The molecule has 1 heteroatoms. The molecule has 0 aromatic heterocycles. The van der Waals surface area contributed by atoms with E-state index >= 15 is 0 Å². The molecule has 0 bridgehead atoms. The lowest BCUT2D eigenvalue weighted by molar-refractivity contribution is 0.545. The Bertz CT molecular complexity index is 72.6. The zero-order valence-electron chi connectivity index (χ0n) is 6.41. The first-order valence-electron chi connectivity index (χ1n) is 3.79. The fourth-order valence-electron chi connectivity index (χ4n) is 1.47. The van der Waals surface area contributed by atoms with Gasteiger partial charge in [0.25, 0.3) is 0 Å². The molecule has 53 valence electrons. The molecule has 1 aliphatic heterocycles. The van der Waals surface area contributed by atoms with Crippen LogP contribution in [0.2, 0.25) is 0 Å². The van der Waals surface area contributed by atoms with Crippen molar-refractivity contribution >= 4 is 0 Å². The van der Waals surface area contributed by atoms with Crippen molar-refractivity contribution in [2.24, 2.45) is 5.92 Å². The summed E-state index contributed by atoms with van der Waals surface area (Å²) in [6.45, 7) is 6.92. The average molecular weight is 126 g/mol. The summed E-state index contributed by atoms with van der Waals surface area (Å²) in [7, 11) is 0. The van der Waals surface area contributed by atoms with Gasteiger partial charge < -0.3 is 5.32 Å². The molecule has 9 heavy (non-hydrogen) atoms. The molecule has 1 N–H and O–H groups in total. The lowest BCUT2D eigenvalue weighted by Gasteiger charge is -2.09. The summed E-state index contributed by atoms with van der Waals surface area (Å²) in [6.07, 6.45) is 2.71. The van der Waals surface area contributed by atoms with Gasteiger partial charge in [0.15, 0.2) is 0 Å². The van der Waals surface area contributed by atoms with Crippen LogP contribution in [0.4, 0.5) is 0 Å². The lowest BCUT2D eigenvalue weighted by Crippen LogP contribution is -2.09. The van der Waals surface area contributed by atoms with Crippen molar-refractivity contribution < 1.29 is 0 Å². The molecular formula is C8H16N. The van der Waals surface area contributed by atoms with E-state index in [1.54, 1.807) is 5.92 Å². The summed E-state index contributed by atoms with van der Waals surface area (Å²) in [6, 6.07) is 0. The quantitative estimate of drug-likeness (QED) is 0.592. The van der Waals surface area contributed by atoms with Crippen LogP contribution in [0.15, 0.2) is 0 Å². The normalized spacial score (nSPS) is 27.7. The van der Waals surface area contributed by atoms with E-state index in [9.17, 15) is 0 Å². The van der Waals surface area contributed by atoms with E-state index < -0.39 is 0 Å². The first kappa shape index (κ1) is 7.07. The molecule has 1 nitrogen and oxygen atoms in total. The van der Waals surface area contributed by atoms with Gasteiger partial charge >= 0.3 is 0 Å². The SMILES string of the molecule is C[C](C)C[C@@H]1CCNC1. The van der Waals surface area contributed by atoms with Crippen LogP contribution in [-0.2, 0) is 0 Å². The van der Waals surface area contributed by atoms with Gasteiger partial charge in [-0.25, -0.2) is 0 Å². The molecule has 1 rings (SSSR count). The Hall–Kier alpha value is -0.0400. The first-order chi connectivity index (χ1) is 4.29. The molecule has 0 unspecified atom stereocenters. The molecule has 0 aromatic rings. The molecule has 0 amide bonds. The predicted octanol–water partition coefficient (Wildman–Crippen LogP) is 1.60. The molecule has 0 aliphatic carbocycles. The van der Waals surface area contributed by atoms with Crippen LogP contribution in [0.3, 0.4) is 0 Å². The van der Waals surface area contributed by atoms with Gasteiger partial charge in [-0.1, -0.05) is 13.8 Å². The third kappa shape index (κ3) is 2.35. The summed E-state index contributed by atoms with van der Waals surface area (Å²) < 4.78 is 0. The zero-order valence-corrected chi connectivity index (χ0v) is 6.41. The number of nitrogens with one attached hydrogen (secondary N) is 1. The molecular weight excluding hydrogens is 110 g/mol. The second-order valence-corrected chi connectivity index (χ2v) is 3.27. The van der Waals surface area contributed by atoms with Crippen molar-refractivity contribution in [3.8, 4) is 0 Å². The van der Waals surface area contributed by atoms with Crippen LogP contribution in [0, 0.1) is 11.8 Å². The van der Waals surface area contributed by atoms with Crippen LogP contribution in [-0.4, -0.2) is 13.1 Å². The molecule has 0 spiro atoms. The van der Waals surface area contributed by atoms with Crippen molar-refractivity contribution in [2.75, 3.05) is 13.1 Å². The van der Waals surface area contributed by atoms with Crippen LogP contribution in [0.5, 0.6) is 0 Å². The van der Waals surface area contributed by atoms with Crippen molar-refractivity contribution in [1.29, 1.82) is 0 Å². The number of hydrogen-bond acceptors (Lipinski definition) is 1. The Balaban J connectivity index is 2.11. The Morgan fingerprint density at radius 2 is 2.33 bits per heavy atom. The van der Waals surface area contributed by atoms with E-state index in [1.165, 1.54) is 25.9 Å². The fourth-order valence-corrected chi connectivity index (χ4v) is 1.47. The second kappa shape index (κ2) is 3.21. The van der Waals surface area contributed by atoms with Crippen molar-refractivity contribution in [3.05, 3.63) is 5.92 Å². The van der Waals surface area contributed by atoms with E-state index in [1.807, 2.05) is 0 Å². The second-order valence-electron chi connectivity index (χ2n) is 3.27. The topological polar surface area (TPSA) is 12.0 Å². The molecule has 0 saturated carbocycles. The minimum atomic E-state index is 0.940. The van der Waals surface area contributed by atoms with Crippen LogP contribution in [0.1, 0.15) is 26.7 Å². The van der Waals surface area contributed by atoms with Crippen LogP contribution >= 0.6 is 0 Å². The molecule has 1 saturated heterocycles. The molecule has 1 fully saturated rings. The Morgan fingerprint density at radius 1 is 1.56 bits per heavy atom. The minimum Gasteiger partial charge on any atom is -0.316 e. The lowest BCUT2D eigenvalue weighted by atomic mass is 9.97. The fraction of sp³-hybridized carbons (Fsp3) is 0.875. The summed E-state index contributed by atoms with van der Waals surface area (Å²) in [5.74, 6) is 2.51. The van der Waals surface area contributed by atoms with E-state index in [-0.39, 0.29) is 0 Å². The predicted molar refractivity (Wildman–Crippen MR) is 40.2 cm³/mol. The maximum absolute atomic E-state index is 3.36. The van der Waals surface area contributed by atoms with Gasteiger partial charge in [0.05, 0.1) is 0 Å². The standard InChI is InChI=1S/C8H16N/c1-7(2)5-8-3-4-9-6-8/h8-9H,3-6H2,1-2H3/t8-/m0/s1. The highest BCUT2D eigenvalue weighted by atomic mass is 14.9. The van der Waals surface area contributed by atoms with Gasteiger partial charge in [-0.3, -0.25) is 0 Å². The third-order valence-corrected chi connectivity index (χ3v) is 1.86. The Labute approximate surface area is 57.8 Å². The number of rotatable bonds is 2. The van der Waals surface area contributed by atoms with E-state index in [4.69, 9.17) is 0 Å². The maximum atomic E-state index is 3.36. The summed E-state index contributed by atoms with van der Waals surface area (Å²) >= 11 is 0. The van der Waals surface area contributed by atoms with Gasteiger partial charge in [0, 0.05) is 0 Å². The average Bonchev–Trinajstić information content (AvgIpc) is 2.15. The smallest absolute Gasteiger partial charge is 0.00198 e. The van der Waals surface area contributed by atoms with Crippen LogP contribution in [0.25, 0.3) is 0 Å². The van der Waals surface area contributed by atoms with Gasteiger partial charge in [0.1, 0.15) is 0 Å². The van der Waals surface area contributed by atoms with Gasteiger partial charge in [0.2, 0.25) is 0 Å². The summed E-state index contributed by atoms with van der Waals surface area (Å²) in [5, 5.41) is 3.36. The third-order valence-electron chi connectivity index (χ3n) is 1.86. The zero-order chi connectivity index (χ0) is 6.69. The Morgan fingerprint density at radius 3 is 2.78 bits per heavy atom. The Kier molecular flexibility index (Phi) is 2.52. The molecule has 1 atom stereocenters. The van der Waals surface area contributed by atoms with Crippen LogP contribution < -0.4 is 5.32 Å².